The lowest BCUT2D eigenvalue weighted by Gasteiger charge is -2.13. The number of para-hydroxylation sites is 3. The first-order valence-electron chi connectivity index (χ1n) is 16.8. The van der Waals surface area contributed by atoms with Crippen LogP contribution in [-0.2, 0) is 0 Å². The van der Waals surface area contributed by atoms with E-state index in [1.54, 1.807) is 0 Å². The Morgan fingerprint density at radius 1 is 0.367 bits per heavy atom. The van der Waals surface area contributed by atoms with Crippen LogP contribution in [0.25, 0.3) is 104 Å². The Morgan fingerprint density at radius 2 is 0.980 bits per heavy atom. The molecule has 0 aliphatic carbocycles. The van der Waals surface area contributed by atoms with Crippen molar-refractivity contribution in [3.63, 3.8) is 0 Å². The van der Waals surface area contributed by atoms with Gasteiger partial charge in [0.1, 0.15) is 0 Å². The summed E-state index contributed by atoms with van der Waals surface area (Å²) >= 11 is 0. The normalized spacial score (nSPS) is 12.5. The van der Waals surface area contributed by atoms with E-state index >= 15 is 0 Å². The lowest BCUT2D eigenvalue weighted by molar-refractivity contribution is 1.13. The second kappa shape index (κ2) is 9.03. The van der Waals surface area contributed by atoms with E-state index in [0.717, 1.165) is 16.9 Å². The van der Waals surface area contributed by atoms with E-state index in [4.69, 9.17) is 0 Å². The third kappa shape index (κ3) is 3.16. The summed E-state index contributed by atoms with van der Waals surface area (Å²) < 4.78 is 7.33. The highest BCUT2D eigenvalue weighted by Crippen LogP contribution is 2.47. The van der Waals surface area contributed by atoms with Gasteiger partial charge >= 0.3 is 0 Å². The third-order valence-corrected chi connectivity index (χ3v) is 10.8. The van der Waals surface area contributed by atoms with Gasteiger partial charge in [0.25, 0.3) is 0 Å². The number of pyridine rings is 1. The van der Waals surface area contributed by atoms with Gasteiger partial charge in [0, 0.05) is 60.7 Å². The van der Waals surface area contributed by atoms with Gasteiger partial charge in [-0.1, -0.05) is 84.9 Å². The molecule has 0 fully saturated rings. The highest BCUT2D eigenvalue weighted by Gasteiger charge is 2.24. The smallest absolute Gasteiger partial charge is 0.0724 e. The molecule has 4 nitrogen and oxygen atoms in total. The number of nitrogens with zero attached hydrogens (tertiary/aromatic N) is 4. The molecular weight excluding hydrogens is 597 g/mol. The standard InChI is InChI=1S/C45H26N4/c1-2-11-28-23-40-36(22-27(28)10-1)44-43-34-16-5-8-19-39(34)47(41(43)25-35-32-15-4-7-18-38(32)49(40)45(35)44)29-12-9-13-30(24-29)48-37-17-6-3-14-31(37)33-20-21-46-26-42(33)48/h1-26H. The number of hydrogen-bond acceptors (Lipinski definition) is 1. The molecule has 0 spiro atoms. The topological polar surface area (TPSA) is 27.2 Å². The summed E-state index contributed by atoms with van der Waals surface area (Å²) in [5.41, 5.74) is 10.7. The minimum atomic E-state index is 1.11. The van der Waals surface area contributed by atoms with Gasteiger partial charge in [-0.3, -0.25) is 4.98 Å². The van der Waals surface area contributed by atoms with Crippen molar-refractivity contribution in [1.82, 2.24) is 18.5 Å². The maximum Gasteiger partial charge on any atom is 0.0724 e. The predicted molar refractivity (Wildman–Crippen MR) is 205 cm³/mol. The van der Waals surface area contributed by atoms with Gasteiger partial charge in [-0.05, 0) is 71.4 Å². The molecule has 0 unspecified atom stereocenters. The second-order valence-electron chi connectivity index (χ2n) is 13.2. The Kier molecular flexibility index (Phi) is 4.69. The fraction of sp³-hybridized carbons (Fsp3) is 0. The maximum atomic E-state index is 4.53. The molecule has 5 aromatic heterocycles. The number of hydrogen-bond donors (Lipinski definition) is 0. The van der Waals surface area contributed by atoms with Crippen molar-refractivity contribution in [2.75, 3.05) is 0 Å². The summed E-state index contributed by atoms with van der Waals surface area (Å²) in [5.74, 6) is 0. The maximum absolute atomic E-state index is 4.53. The van der Waals surface area contributed by atoms with E-state index in [1.165, 1.54) is 87.0 Å². The van der Waals surface area contributed by atoms with Crippen molar-refractivity contribution in [3.8, 4) is 11.4 Å². The van der Waals surface area contributed by atoms with Crippen LogP contribution in [0, 0.1) is 0 Å². The Hall–Kier alpha value is -6.65. The van der Waals surface area contributed by atoms with Crippen molar-refractivity contribution in [3.05, 3.63) is 158 Å². The molecule has 0 amide bonds. The second-order valence-corrected chi connectivity index (χ2v) is 13.2. The Morgan fingerprint density at radius 3 is 1.78 bits per heavy atom. The molecule has 12 rings (SSSR count). The van der Waals surface area contributed by atoms with Crippen molar-refractivity contribution in [1.29, 1.82) is 0 Å². The van der Waals surface area contributed by atoms with Crippen LogP contribution in [0.1, 0.15) is 0 Å². The molecule has 0 atom stereocenters. The average molecular weight is 623 g/mol. The number of rotatable bonds is 2. The molecule has 0 N–H and O–H groups in total. The molecule has 0 saturated carbocycles. The van der Waals surface area contributed by atoms with Gasteiger partial charge in [0.15, 0.2) is 0 Å². The van der Waals surface area contributed by atoms with Crippen LogP contribution in [0.2, 0.25) is 0 Å². The molecule has 0 saturated heterocycles. The van der Waals surface area contributed by atoms with Crippen LogP contribution < -0.4 is 0 Å². The minimum absolute atomic E-state index is 1.11. The van der Waals surface area contributed by atoms with E-state index in [0.29, 0.717) is 0 Å². The van der Waals surface area contributed by atoms with Gasteiger partial charge in [0.05, 0.1) is 44.8 Å². The minimum Gasteiger partial charge on any atom is -0.309 e. The van der Waals surface area contributed by atoms with Crippen LogP contribution in [-0.4, -0.2) is 18.5 Å². The molecule has 0 bridgehead atoms. The molecule has 0 aliphatic heterocycles. The summed E-state index contributed by atoms with van der Waals surface area (Å²) in [6.07, 6.45) is 3.87. The first-order valence-corrected chi connectivity index (χ1v) is 16.8. The predicted octanol–water partition coefficient (Wildman–Crippen LogP) is 11.6. The first kappa shape index (κ1) is 25.4. The zero-order chi connectivity index (χ0) is 31.8. The summed E-state index contributed by atoms with van der Waals surface area (Å²) in [6.45, 7) is 0. The molecule has 49 heavy (non-hydrogen) atoms. The zero-order valence-electron chi connectivity index (χ0n) is 26.3. The van der Waals surface area contributed by atoms with Crippen molar-refractivity contribution in [2.45, 2.75) is 0 Å². The lowest BCUT2D eigenvalue weighted by Crippen LogP contribution is -1.98. The van der Waals surface area contributed by atoms with Crippen LogP contribution in [0.3, 0.4) is 0 Å². The van der Waals surface area contributed by atoms with Crippen LogP contribution in [0.15, 0.2) is 158 Å². The summed E-state index contributed by atoms with van der Waals surface area (Å²) in [6, 6.07) is 53.5. The Balaban J connectivity index is 1.25. The molecule has 0 radical (unpaired) electrons. The zero-order valence-corrected chi connectivity index (χ0v) is 26.3. The largest absolute Gasteiger partial charge is 0.309 e. The van der Waals surface area contributed by atoms with Crippen molar-refractivity contribution < 1.29 is 0 Å². The molecule has 0 aliphatic rings. The molecule has 4 heteroatoms. The van der Waals surface area contributed by atoms with Gasteiger partial charge in [0.2, 0.25) is 0 Å². The van der Waals surface area contributed by atoms with Crippen molar-refractivity contribution >= 4 is 92.5 Å². The molecule has 7 aromatic carbocycles. The first-order chi connectivity index (χ1) is 24.3. The number of benzene rings is 7. The highest BCUT2D eigenvalue weighted by atomic mass is 15.0. The monoisotopic (exact) mass is 622 g/mol. The van der Waals surface area contributed by atoms with Crippen molar-refractivity contribution in [2.24, 2.45) is 0 Å². The average Bonchev–Trinajstić information content (AvgIpc) is 3.87. The summed E-state index contributed by atoms with van der Waals surface area (Å²) in [4.78, 5) is 4.53. The van der Waals surface area contributed by atoms with E-state index in [2.05, 4.69) is 164 Å². The highest BCUT2D eigenvalue weighted by molar-refractivity contribution is 6.36. The number of aromatic nitrogens is 4. The van der Waals surface area contributed by atoms with E-state index in [-0.39, 0.29) is 0 Å². The van der Waals surface area contributed by atoms with Gasteiger partial charge < -0.3 is 13.5 Å². The van der Waals surface area contributed by atoms with E-state index in [1.807, 2.05) is 12.4 Å². The SMILES string of the molecule is c1cc(-n2c3ccccc3c3ccncc32)cc(-n2c3ccccc3c3c4c5cc6ccccc6cc5n5c6ccccc6c(cc32)c45)c1. The molecule has 5 heterocycles. The van der Waals surface area contributed by atoms with E-state index < -0.39 is 0 Å². The summed E-state index contributed by atoms with van der Waals surface area (Å²) in [5, 5.41) is 12.7. The number of fused-ring (bicyclic) bond motifs is 14. The van der Waals surface area contributed by atoms with Crippen LogP contribution >= 0.6 is 0 Å². The van der Waals surface area contributed by atoms with Gasteiger partial charge in [-0.2, -0.15) is 0 Å². The van der Waals surface area contributed by atoms with Gasteiger partial charge in [-0.25, -0.2) is 0 Å². The van der Waals surface area contributed by atoms with Gasteiger partial charge in [-0.15, -0.1) is 0 Å². The Labute approximate surface area is 279 Å². The third-order valence-electron chi connectivity index (χ3n) is 10.8. The fourth-order valence-corrected chi connectivity index (χ4v) is 8.84. The molecule has 12 aromatic rings. The summed E-state index contributed by atoms with van der Waals surface area (Å²) in [7, 11) is 0. The van der Waals surface area contributed by atoms with E-state index in [9.17, 15) is 0 Å². The van der Waals surface area contributed by atoms with Crippen LogP contribution in [0.4, 0.5) is 0 Å². The molecular formula is C45H26N4. The molecule has 226 valence electrons. The lowest BCUT2D eigenvalue weighted by atomic mass is 10.0. The fourth-order valence-electron chi connectivity index (χ4n) is 8.84. The van der Waals surface area contributed by atoms with Crippen LogP contribution in [0.5, 0.6) is 0 Å². The Bertz CT molecular complexity index is 3280. The quantitative estimate of drug-likeness (QED) is 0.188.